The average Bonchev–Trinajstić information content (AvgIpc) is 2.76. The Kier molecular flexibility index (Phi) is 6.47. The van der Waals surface area contributed by atoms with Crippen LogP contribution in [-0.2, 0) is 21.2 Å². The molecular formula is C22H26N4O5S. The molecule has 0 fully saturated rings. The van der Waals surface area contributed by atoms with E-state index in [-0.39, 0.29) is 18.5 Å². The van der Waals surface area contributed by atoms with Gasteiger partial charge in [-0.1, -0.05) is 6.07 Å². The fourth-order valence-corrected chi connectivity index (χ4v) is 4.32. The minimum atomic E-state index is -3.79. The third-order valence-corrected chi connectivity index (χ3v) is 7.80. The van der Waals surface area contributed by atoms with Gasteiger partial charge < -0.3 is 14.6 Å². The molecule has 0 aliphatic carbocycles. The average molecular weight is 459 g/mol. The molecule has 32 heavy (non-hydrogen) atoms. The van der Waals surface area contributed by atoms with Crippen LogP contribution in [0.2, 0.25) is 0 Å². The summed E-state index contributed by atoms with van der Waals surface area (Å²) >= 11 is 0. The van der Waals surface area contributed by atoms with Gasteiger partial charge in [-0.2, -0.15) is 0 Å². The van der Waals surface area contributed by atoms with Gasteiger partial charge in [0.25, 0.3) is 5.56 Å². The van der Waals surface area contributed by atoms with Gasteiger partial charge in [-0.15, -0.1) is 0 Å². The summed E-state index contributed by atoms with van der Waals surface area (Å²) in [7, 11) is -0.0750. The Morgan fingerprint density at radius 2 is 1.81 bits per heavy atom. The third-order valence-electron chi connectivity index (χ3n) is 5.73. The molecule has 1 N–H and O–H groups in total. The number of Topliss-reactive ketones (excluding diaryl/α,β-unsaturated/α-hetero) is 1. The van der Waals surface area contributed by atoms with E-state index in [0.717, 1.165) is 22.8 Å². The van der Waals surface area contributed by atoms with Crippen LogP contribution >= 0.6 is 0 Å². The summed E-state index contributed by atoms with van der Waals surface area (Å²) in [4.78, 5) is 35.5. The molecule has 1 atom stereocenters. The number of carbonyl (C=O) groups excluding carboxylic acids is 1. The van der Waals surface area contributed by atoms with E-state index in [0.29, 0.717) is 11.3 Å². The van der Waals surface area contributed by atoms with Crippen molar-refractivity contribution in [1.82, 2.24) is 14.5 Å². The first-order valence-electron chi connectivity index (χ1n) is 9.94. The second-order valence-electron chi connectivity index (χ2n) is 8.12. The summed E-state index contributed by atoms with van der Waals surface area (Å²) < 4.78 is 24.0. The SMILES string of the molecule is CN(C)c1ncc(-c2ccc3c(=O)n(CC[C@](C)(C(=O)CO)S(C)(=O)=O)ccc3c2)cn1. The summed E-state index contributed by atoms with van der Waals surface area (Å²) in [6.45, 7) is 0.423. The number of fused-ring (bicyclic) bond motifs is 1. The molecule has 10 heteroatoms. The summed E-state index contributed by atoms with van der Waals surface area (Å²) in [6, 6.07) is 7.14. The van der Waals surface area contributed by atoms with E-state index in [4.69, 9.17) is 0 Å². The molecule has 1 aromatic carbocycles. The van der Waals surface area contributed by atoms with Crippen LogP contribution in [0.3, 0.4) is 0 Å². The van der Waals surface area contributed by atoms with E-state index < -0.39 is 27.0 Å². The number of nitrogens with zero attached hydrogens (tertiary/aromatic N) is 4. The van der Waals surface area contributed by atoms with Gasteiger partial charge in [0.15, 0.2) is 15.6 Å². The molecule has 3 aromatic rings. The molecule has 0 saturated heterocycles. The molecular weight excluding hydrogens is 432 g/mol. The number of aryl methyl sites for hydroxylation is 1. The lowest BCUT2D eigenvalue weighted by Gasteiger charge is -2.25. The lowest BCUT2D eigenvalue weighted by molar-refractivity contribution is -0.124. The summed E-state index contributed by atoms with van der Waals surface area (Å²) in [5.41, 5.74) is 1.38. The molecule has 0 aliphatic heterocycles. The smallest absolute Gasteiger partial charge is 0.258 e. The van der Waals surface area contributed by atoms with E-state index in [2.05, 4.69) is 9.97 Å². The molecule has 0 amide bonds. The Bertz CT molecular complexity index is 1320. The predicted molar refractivity (Wildman–Crippen MR) is 124 cm³/mol. The maximum atomic E-state index is 13.0. The van der Waals surface area contributed by atoms with Crippen LogP contribution in [0.25, 0.3) is 21.9 Å². The van der Waals surface area contributed by atoms with Crippen molar-refractivity contribution in [3.63, 3.8) is 0 Å². The Morgan fingerprint density at radius 1 is 1.16 bits per heavy atom. The van der Waals surface area contributed by atoms with E-state index in [1.165, 1.54) is 11.5 Å². The van der Waals surface area contributed by atoms with Crippen LogP contribution in [0.15, 0.2) is 47.7 Å². The maximum absolute atomic E-state index is 13.0. The molecule has 170 valence electrons. The minimum absolute atomic E-state index is 0.0195. The number of rotatable bonds is 8. The van der Waals surface area contributed by atoms with Crippen LogP contribution in [0.5, 0.6) is 0 Å². The van der Waals surface area contributed by atoms with Gasteiger partial charge in [-0.3, -0.25) is 9.59 Å². The second kappa shape index (κ2) is 8.79. The van der Waals surface area contributed by atoms with Crippen LogP contribution in [0, 0.1) is 0 Å². The number of ketones is 1. The Morgan fingerprint density at radius 3 is 2.38 bits per heavy atom. The van der Waals surface area contributed by atoms with E-state index in [1.807, 2.05) is 20.2 Å². The Labute approximate surface area is 186 Å². The number of hydrogen-bond acceptors (Lipinski definition) is 8. The predicted octanol–water partition coefficient (Wildman–Crippen LogP) is 1.28. The van der Waals surface area contributed by atoms with E-state index >= 15 is 0 Å². The first-order chi connectivity index (χ1) is 15.0. The fraction of sp³-hybridized carbons (Fsp3) is 0.364. The molecule has 0 aliphatic rings. The lowest BCUT2D eigenvalue weighted by atomic mass is 10.0. The van der Waals surface area contributed by atoms with Crippen molar-refractivity contribution in [3.8, 4) is 11.1 Å². The van der Waals surface area contributed by atoms with Gasteiger partial charge in [0.05, 0.1) is 0 Å². The zero-order chi connectivity index (χ0) is 23.7. The molecule has 2 aromatic heterocycles. The zero-order valence-electron chi connectivity index (χ0n) is 18.4. The largest absolute Gasteiger partial charge is 0.389 e. The van der Waals surface area contributed by atoms with Crippen molar-refractivity contribution in [2.45, 2.75) is 24.6 Å². The number of pyridine rings is 1. The van der Waals surface area contributed by atoms with Crippen LogP contribution in [-0.4, -0.2) is 65.5 Å². The first-order valence-corrected chi connectivity index (χ1v) is 11.8. The molecule has 9 nitrogen and oxygen atoms in total. The molecule has 0 radical (unpaired) electrons. The van der Waals surface area contributed by atoms with Crippen molar-refractivity contribution >= 4 is 32.3 Å². The topological polar surface area (TPSA) is 122 Å². The monoisotopic (exact) mass is 458 g/mol. The normalized spacial score (nSPS) is 13.7. The zero-order valence-corrected chi connectivity index (χ0v) is 19.3. The Hall–Kier alpha value is -3.11. The van der Waals surface area contributed by atoms with Crippen molar-refractivity contribution in [2.24, 2.45) is 0 Å². The van der Waals surface area contributed by atoms with Gasteiger partial charge in [0.1, 0.15) is 11.4 Å². The van der Waals surface area contributed by atoms with Gasteiger partial charge in [-0.05, 0) is 42.5 Å². The highest BCUT2D eigenvalue weighted by atomic mass is 32.2. The number of benzene rings is 1. The fourth-order valence-electron chi connectivity index (χ4n) is 3.38. The highest BCUT2D eigenvalue weighted by Crippen LogP contribution is 2.25. The van der Waals surface area contributed by atoms with Gasteiger partial charge in [0, 0.05) is 56.4 Å². The quantitative estimate of drug-likeness (QED) is 0.536. The summed E-state index contributed by atoms with van der Waals surface area (Å²) in [5.74, 6) is -0.195. The van der Waals surface area contributed by atoms with Crippen LogP contribution in [0.1, 0.15) is 13.3 Å². The van der Waals surface area contributed by atoms with Crippen molar-refractivity contribution in [3.05, 3.63) is 53.2 Å². The van der Waals surface area contributed by atoms with Crippen molar-refractivity contribution < 1.29 is 18.3 Å². The standard InChI is InChI=1S/C22H26N4O5S/c1-22(19(28)14-27,32(4,30)31)8-10-26-9-7-16-11-15(5-6-18(16)20(26)29)17-12-23-21(24-13-17)25(2)3/h5-7,9,11-13,27H,8,10,14H2,1-4H3/t22-/m1/s1. The molecule has 2 heterocycles. The summed E-state index contributed by atoms with van der Waals surface area (Å²) in [6.07, 6.45) is 5.85. The molecule has 3 rings (SSSR count). The Balaban J connectivity index is 1.92. The lowest BCUT2D eigenvalue weighted by Crippen LogP contribution is -2.46. The number of aliphatic hydroxyl groups excluding tert-OH is 1. The molecule has 0 unspecified atom stereocenters. The molecule has 0 spiro atoms. The van der Waals surface area contributed by atoms with Gasteiger partial charge in [0.2, 0.25) is 5.95 Å². The van der Waals surface area contributed by atoms with Gasteiger partial charge in [-0.25, -0.2) is 18.4 Å². The number of carbonyl (C=O) groups is 1. The number of aromatic nitrogens is 3. The van der Waals surface area contributed by atoms with Crippen LogP contribution in [0.4, 0.5) is 5.95 Å². The number of anilines is 1. The first kappa shape index (κ1) is 23.6. The highest BCUT2D eigenvalue weighted by Gasteiger charge is 2.42. The highest BCUT2D eigenvalue weighted by molar-refractivity contribution is 7.92. The van der Waals surface area contributed by atoms with Crippen molar-refractivity contribution in [1.29, 1.82) is 0 Å². The number of aliphatic hydroxyl groups is 1. The molecule has 0 bridgehead atoms. The number of sulfone groups is 1. The summed E-state index contributed by atoms with van der Waals surface area (Å²) in [5, 5.41) is 10.4. The third kappa shape index (κ3) is 4.42. The van der Waals surface area contributed by atoms with Gasteiger partial charge >= 0.3 is 0 Å². The minimum Gasteiger partial charge on any atom is -0.389 e. The second-order valence-corrected chi connectivity index (χ2v) is 10.6. The van der Waals surface area contributed by atoms with E-state index in [1.54, 1.807) is 41.7 Å². The molecule has 0 saturated carbocycles. The maximum Gasteiger partial charge on any atom is 0.258 e. The number of hydrogen-bond donors (Lipinski definition) is 1. The van der Waals surface area contributed by atoms with Crippen molar-refractivity contribution in [2.75, 3.05) is 31.9 Å². The van der Waals surface area contributed by atoms with Crippen LogP contribution < -0.4 is 10.5 Å². The van der Waals surface area contributed by atoms with E-state index in [9.17, 15) is 23.1 Å².